The number of aryl methyl sites for hydroxylation is 1. The van der Waals surface area contributed by atoms with Crippen LogP contribution in [-0.2, 0) is 24.4 Å². The summed E-state index contributed by atoms with van der Waals surface area (Å²) in [6.07, 6.45) is 6.72. The molecule has 2 N–H and O–H groups in total. The molecule has 0 unspecified atom stereocenters. The van der Waals surface area contributed by atoms with E-state index in [1.165, 1.54) is 7.11 Å². The number of amides is 3. The summed E-state index contributed by atoms with van der Waals surface area (Å²) in [5.41, 5.74) is -0.313. The van der Waals surface area contributed by atoms with Crippen molar-refractivity contribution in [1.29, 1.82) is 0 Å². The third-order valence-corrected chi connectivity index (χ3v) is 12.5. The van der Waals surface area contributed by atoms with Crippen molar-refractivity contribution in [3.05, 3.63) is 59.7 Å². The van der Waals surface area contributed by atoms with Crippen LogP contribution in [0.3, 0.4) is 0 Å². The number of nitrogens with zero attached hydrogens (tertiary/aromatic N) is 3. The van der Waals surface area contributed by atoms with Crippen molar-refractivity contribution in [3.8, 4) is 23.0 Å². The molecule has 0 spiro atoms. The molecule has 1 aliphatic heterocycles. The lowest BCUT2D eigenvalue weighted by Gasteiger charge is -2.26. The molecule has 3 amide bonds. The van der Waals surface area contributed by atoms with Gasteiger partial charge in [0.2, 0.25) is 27.7 Å². The highest BCUT2D eigenvalue weighted by molar-refractivity contribution is 7.91. The van der Waals surface area contributed by atoms with Crippen molar-refractivity contribution >= 4 is 38.6 Å². The predicted molar refractivity (Wildman–Crippen MR) is 187 cm³/mol. The minimum absolute atomic E-state index is 0.00404. The number of ether oxygens (including phenoxy) is 2. The minimum atomic E-state index is -3.87. The first-order chi connectivity index (χ1) is 24.8. The lowest BCUT2D eigenvalue weighted by Crippen LogP contribution is -2.54. The molecule has 3 saturated carbocycles. The maximum absolute atomic E-state index is 14.3. The first-order valence-corrected chi connectivity index (χ1v) is 19.1. The Labute approximate surface area is 300 Å². The van der Waals surface area contributed by atoms with E-state index in [0.717, 1.165) is 31.0 Å². The van der Waals surface area contributed by atoms with E-state index in [-0.39, 0.29) is 42.4 Å². The standard InChI is InChI=1S/C37H41F2N5O7S/c1-20-30(50-3)12-11-27-31(20)40-32(21-14-23(38)16-24(39)15-21)41-34(27)51-25-17-28-29(18-25)35(46)44(2)13-7-5-4-6-8-22-19-37(22,42-33(28)45)36(47)43-52(48,49)26-9-10-26/h6,8,11-12,14-16,22,25-26,28-29H,4-5,7,9-10,13,17-19H2,1-3H3,(H,42,45)(H,43,47)/t22-,25-,28-,29-,37-/m1/s1. The summed E-state index contributed by atoms with van der Waals surface area (Å²) in [6, 6.07) is 6.41. The first-order valence-electron chi connectivity index (χ1n) is 17.6. The molecule has 12 nitrogen and oxygen atoms in total. The highest BCUT2D eigenvalue weighted by atomic mass is 32.2. The van der Waals surface area contributed by atoms with Crippen molar-refractivity contribution in [3.63, 3.8) is 0 Å². The van der Waals surface area contributed by atoms with E-state index in [9.17, 15) is 31.6 Å². The number of allylic oxidation sites excluding steroid dienone is 1. The second-order valence-corrected chi connectivity index (χ2v) is 16.3. The molecule has 2 heterocycles. The molecular formula is C37H41F2N5O7S. The molecule has 1 aromatic heterocycles. The minimum Gasteiger partial charge on any atom is -0.496 e. The Morgan fingerprint density at radius 3 is 2.50 bits per heavy atom. The molecule has 52 heavy (non-hydrogen) atoms. The van der Waals surface area contributed by atoms with Crippen LogP contribution in [0.2, 0.25) is 0 Å². The van der Waals surface area contributed by atoms with Gasteiger partial charge in [-0.2, -0.15) is 4.98 Å². The number of benzene rings is 2. The van der Waals surface area contributed by atoms with Gasteiger partial charge < -0.3 is 19.7 Å². The number of methoxy groups -OCH3 is 1. The summed E-state index contributed by atoms with van der Waals surface area (Å²) >= 11 is 0. The largest absolute Gasteiger partial charge is 0.496 e. The summed E-state index contributed by atoms with van der Waals surface area (Å²) in [4.78, 5) is 52.6. The van der Waals surface area contributed by atoms with Crippen molar-refractivity contribution in [1.82, 2.24) is 24.9 Å². The highest BCUT2D eigenvalue weighted by Gasteiger charge is 2.62. The van der Waals surface area contributed by atoms with Crippen molar-refractivity contribution in [2.75, 3.05) is 20.7 Å². The molecular weight excluding hydrogens is 696 g/mol. The average molecular weight is 738 g/mol. The van der Waals surface area contributed by atoms with Gasteiger partial charge in [-0.25, -0.2) is 22.2 Å². The van der Waals surface area contributed by atoms with Crippen molar-refractivity contribution in [2.45, 2.75) is 75.2 Å². The van der Waals surface area contributed by atoms with Gasteiger partial charge in [-0.3, -0.25) is 19.1 Å². The number of sulfonamides is 1. The fraction of sp³-hybridized carbons (Fsp3) is 0.486. The second kappa shape index (κ2) is 13.7. The molecule has 5 atom stereocenters. The smallest absolute Gasteiger partial charge is 0.259 e. The summed E-state index contributed by atoms with van der Waals surface area (Å²) < 4.78 is 68.3. The topological polar surface area (TPSA) is 157 Å². The number of carbonyl (C=O) groups excluding carboxylic acids is 3. The molecule has 7 rings (SSSR count). The molecule has 0 bridgehead atoms. The quantitative estimate of drug-likeness (QED) is 0.337. The maximum Gasteiger partial charge on any atom is 0.259 e. The van der Waals surface area contributed by atoms with E-state index in [0.29, 0.717) is 48.0 Å². The summed E-state index contributed by atoms with van der Waals surface area (Å²) in [7, 11) is -0.667. The lowest BCUT2D eigenvalue weighted by atomic mass is 9.93. The van der Waals surface area contributed by atoms with Gasteiger partial charge in [-0.05, 0) is 82.6 Å². The van der Waals surface area contributed by atoms with E-state index in [4.69, 9.17) is 9.47 Å². The van der Waals surface area contributed by atoms with Gasteiger partial charge in [0.05, 0.1) is 35.1 Å². The normalized spacial score (nSPS) is 26.6. The molecule has 0 radical (unpaired) electrons. The number of halogens is 2. The number of aromatic nitrogens is 2. The highest BCUT2D eigenvalue weighted by Crippen LogP contribution is 2.47. The fourth-order valence-electron chi connectivity index (χ4n) is 7.46. The summed E-state index contributed by atoms with van der Waals surface area (Å²) in [6.45, 7) is 2.27. The van der Waals surface area contributed by atoms with Crippen LogP contribution in [0.15, 0.2) is 42.5 Å². The monoisotopic (exact) mass is 737 g/mol. The maximum atomic E-state index is 14.3. The van der Waals surface area contributed by atoms with Gasteiger partial charge in [0, 0.05) is 36.7 Å². The van der Waals surface area contributed by atoms with Crippen LogP contribution in [0.5, 0.6) is 11.6 Å². The number of hydrogen-bond acceptors (Lipinski definition) is 9. The van der Waals surface area contributed by atoms with Gasteiger partial charge in [-0.1, -0.05) is 12.2 Å². The molecule has 0 saturated heterocycles. The number of fused-ring (bicyclic) bond motifs is 3. The Morgan fingerprint density at radius 2 is 1.79 bits per heavy atom. The molecule has 4 aliphatic rings. The Morgan fingerprint density at radius 1 is 1.06 bits per heavy atom. The second-order valence-electron chi connectivity index (χ2n) is 14.4. The zero-order valence-corrected chi connectivity index (χ0v) is 30.0. The van der Waals surface area contributed by atoms with Crippen LogP contribution in [0.4, 0.5) is 8.78 Å². The average Bonchev–Trinajstić information content (AvgIpc) is 4.02. The van der Waals surface area contributed by atoms with Crippen LogP contribution in [-0.4, -0.2) is 78.6 Å². The Balaban J connectivity index is 1.22. The predicted octanol–water partition coefficient (Wildman–Crippen LogP) is 4.35. The Bertz CT molecular complexity index is 2070. The van der Waals surface area contributed by atoms with Gasteiger partial charge in [0.25, 0.3) is 5.91 Å². The zero-order valence-electron chi connectivity index (χ0n) is 29.2. The Kier molecular flexibility index (Phi) is 9.42. The third kappa shape index (κ3) is 6.94. The molecule has 15 heteroatoms. The molecule has 276 valence electrons. The molecule has 3 aliphatic carbocycles. The molecule has 3 fully saturated rings. The van der Waals surface area contributed by atoms with E-state index < -0.39 is 68.1 Å². The Hall–Kier alpha value is -4.66. The van der Waals surface area contributed by atoms with Crippen LogP contribution >= 0.6 is 0 Å². The number of nitrogens with one attached hydrogen (secondary N) is 2. The van der Waals surface area contributed by atoms with Gasteiger partial charge in [0.15, 0.2) is 5.82 Å². The number of rotatable bonds is 7. The number of hydrogen-bond donors (Lipinski definition) is 2. The van der Waals surface area contributed by atoms with E-state index >= 15 is 0 Å². The lowest BCUT2D eigenvalue weighted by molar-refractivity contribution is -0.140. The third-order valence-electron chi connectivity index (χ3n) is 10.7. The van der Waals surface area contributed by atoms with Gasteiger partial charge >= 0.3 is 0 Å². The van der Waals surface area contributed by atoms with E-state index in [1.54, 1.807) is 31.0 Å². The number of carbonyl (C=O) groups is 3. The first kappa shape index (κ1) is 35.7. The van der Waals surface area contributed by atoms with Gasteiger partial charge in [0.1, 0.15) is 29.0 Å². The summed E-state index contributed by atoms with van der Waals surface area (Å²) in [5, 5.41) is 2.75. The van der Waals surface area contributed by atoms with E-state index in [1.807, 2.05) is 12.2 Å². The SMILES string of the molecule is COc1ccc2c(O[C@@H]3C[C@H]4C(=O)N[C@]5(C(=O)NS(=O)(=O)C6CC6)C[C@H]5C=CCCCCN(C)C(=O)[C@@H]4C3)nc(-c3cc(F)cc(F)c3)nc2c1C. The van der Waals surface area contributed by atoms with Crippen LogP contribution in [0.25, 0.3) is 22.3 Å². The molecule has 2 aromatic carbocycles. The van der Waals surface area contributed by atoms with Crippen LogP contribution in [0.1, 0.15) is 56.9 Å². The van der Waals surface area contributed by atoms with Crippen LogP contribution < -0.4 is 19.5 Å². The van der Waals surface area contributed by atoms with Crippen molar-refractivity contribution < 1.29 is 41.1 Å². The molecule has 3 aromatic rings. The zero-order chi connectivity index (χ0) is 36.9. The fourth-order valence-corrected chi connectivity index (χ4v) is 8.82. The van der Waals surface area contributed by atoms with Crippen LogP contribution in [0, 0.1) is 36.3 Å². The van der Waals surface area contributed by atoms with E-state index in [2.05, 4.69) is 20.0 Å². The van der Waals surface area contributed by atoms with Crippen molar-refractivity contribution in [2.24, 2.45) is 17.8 Å². The summed E-state index contributed by atoms with van der Waals surface area (Å²) in [5.74, 6) is -4.68. The van der Waals surface area contributed by atoms with Gasteiger partial charge in [-0.15, -0.1) is 0 Å².